The molecule has 0 aliphatic carbocycles. The standard InChI is InChI=1S/C12H20N4O4S/c1-8(2)4-16-11(13-7-14-16)6-21(20)5-10(12(18)19)15-9(3)17/h7-8,10H,4-6H2,1-3H3,(H,15,17)(H,18,19)/t10-,21?/m0/s1. The van der Waals surface area contributed by atoms with Gasteiger partial charge >= 0.3 is 5.97 Å². The molecule has 0 radical (unpaired) electrons. The van der Waals surface area contributed by atoms with Crippen molar-refractivity contribution in [2.45, 2.75) is 39.1 Å². The summed E-state index contributed by atoms with van der Waals surface area (Å²) in [6.45, 7) is 5.93. The number of aliphatic carboxylic acids is 1. The predicted octanol–water partition coefficient (Wildman–Crippen LogP) is -0.228. The molecule has 0 aliphatic rings. The number of aromatic nitrogens is 3. The Morgan fingerprint density at radius 1 is 1.48 bits per heavy atom. The third-order valence-electron chi connectivity index (χ3n) is 2.55. The van der Waals surface area contributed by atoms with Gasteiger partial charge in [-0.2, -0.15) is 5.10 Å². The molecule has 1 unspecified atom stereocenters. The van der Waals surface area contributed by atoms with Crippen LogP contribution in [0, 0.1) is 5.92 Å². The second kappa shape index (κ2) is 7.87. The average molecular weight is 316 g/mol. The lowest BCUT2D eigenvalue weighted by Crippen LogP contribution is -2.43. The largest absolute Gasteiger partial charge is 0.480 e. The summed E-state index contributed by atoms with van der Waals surface area (Å²) in [7, 11) is -1.46. The van der Waals surface area contributed by atoms with Crippen molar-refractivity contribution < 1.29 is 18.9 Å². The van der Waals surface area contributed by atoms with Gasteiger partial charge in [0.1, 0.15) is 18.2 Å². The van der Waals surface area contributed by atoms with Crippen LogP contribution in [0.2, 0.25) is 0 Å². The highest BCUT2D eigenvalue weighted by Gasteiger charge is 2.22. The van der Waals surface area contributed by atoms with Gasteiger partial charge in [0, 0.05) is 24.3 Å². The lowest BCUT2D eigenvalue weighted by Gasteiger charge is -2.13. The molecule has 21 heavy (non-hydrogen) atoms. The summed E-state index contributed by atoms with van der Waals surface area (Å²) in [5, 5.41) is 15.3. The van der Waals surface area contributed by atoms with Crippen molar-refractivity contribution in [3.8, 4) is 0 Å². The maximum atomic E-state index is 12.1. The fourth-order valence-corrected chi connectivity index (χ4v) is 2.93. The van der Waals surface area contributed by atoms with Crippen LogP contribution in [-0.2, 0) is 32.7 Å². The normalized spacial score (nSPS) is 13.9. The van der Waals surface area contributed by atoms with E-state index in [9.17, 15) is 13.8 Å². The minimum absolute atomic E-state index is 0.107. The van der Waals surface area contributed by atoms with Gasteiger partial charge in [0.05, 0.1) is 11.5 Å². The van der Waals surface area contributed by atoms with E-state index in [4.69, 9.17) is 5.11 Å². The fourth-order valence-electron chi connectivity index (χ4n) is 1.71. The Balaban J connectivity index is 2.66. The van der Waals surface area contributed by atoms with Gasteiger partial charge in [0.25, 0.3) is 0 Å². The second-order valence-corrected chi connectivity index (χ2v) is 6.60. The third kappa shape index (κ3) is 6.03. The van der Waals surface area contributed by atoms with Crippen molar-refractivity contribution in [1.29, 1.82) is 0 Å². The first-order chi connectivity index (χ1) is 9.79. The van der Waals surface area contributed by atoms with E-state index in [1.165, 1.54) is 13.3 Å². The Kier molecular flexibility index (Phi) is 6.47. The highest BCUT2D eigenvalue weighted by Crippen LogP contribution is 2.05. The summed E-state index contributed by atoms with van der Waals surface area (Å²) < 4.78 is 13.7. The molecule has 0 saturated carbocycles. The molecule has 0 aromatic carbocycles. The Morgan fingerprint density at radius 2 is 2.14 bits per heavy atom. The molecule has 0 fully saturated rings. The molecule has 1 amide bonds. The number of rotatable bonds is 8. The zero-order chi connectivity index (χ0) is 16.0. The van der Waals surface area contributed by atoms with Gasteiger partial charge in [-0.25, -0.2) is 14.5 Å². The van der Waals surface area contributed by atoms with E-state index in [1.807, 2.05) is 13.8 Å². The van der Waals surface area contributed by atoms with Gasteiger partial charge in [-0.15, -0.1) is 0 Å². The van der Waals surface area contributed by atoms with Crippen LogP contribution in [0.3, 0.4) is 0 Å². The van der Waals surface area contributed by atoms with Gasteiger partial charge in [-0.1, -0.05) is 13.8 Å². The second-order valence-electron chi connectivity index (χ2n) is 5.09. The lowest BCUT2D eigenvalue weighted by molar-refractivity contribution is -0.140. The van der Waals surface area contributed by atoms with Crippen molar-refractivity contribution in [2.24, 2.45) is 5.92 Å². The van der Waals surface area contributed by atoms with Gasteiger partial charge < -0.3 is 10.4 Å². The Bertz CT molecular complexity index is 529. The molecule has 0 spiro atoms. The van der Waals surface area contributed by atoms with Crippen LogP contribution in [0.4, 0.5) is 0 Å². The molecule has 1 rings (SSSR count). The predicted molar refractivity (Wildman–Crippen MR) is 76.8 cm³/mol. The van der Waals surface area contributed by atoms with Crippen molar-refractivity contribution in [3.63, 3.8) is 0 Å². The minimum Gasteiger partial charge on any atom is -0.480 e. The number of hydrogen-bond acceptors (Lipinski definition) is 5. The van der Waals surface area contributed by atoms with Crippen molar-refractivity contribution >= 4 is 22.7 Å². The molecule has 2 N–H and O–H groups in total. The number of carbonyl (C=O) groups is 2. The highest BCUT2D eigenvalue weighted by atomic mass is 32.2. The topological polar surface area (TPSA) is 114 Å². The molecule has 1 heterocycles. The van der Waals surface area contributed by atoms with Crippen LogP contribution in [0.1, 0.15) is 26.6 Å². The zero-order valence-corrected chi connectivity index (χ0v) is 13.1. The molecule has 0 saturated heterocycles. The third-order valence-corrected chi connectivity index (χ3v) is 3.84. The van der Waals surface area contributed by atoms with Crippen LogP contribution in [0.5, 0.6) is 0 Å². The molecular formula is C12H20N4O4S. The van der Waals surface area contributed by atoms with Crippen molar-refractivity contribution in [2.75, 3.05) is 5.75 Å². The van der Waals surface area contributed by atoms with Gasteiger partial charge in [0.2, 0.25) is 5.91 Å². The molecule has 8 nitrogen and oxygen atoms in total. The summed E-state index contributed by atoms with van der Waals surface area (Å²) in [5.41, 5.74) is 0. The van der Waals surface area contributed by atoms with E-state index in [-0.39, 0.29) is 11.5 Å². The summed E-state index contributed by atoms with van der Waals surface area (Å²) in [6.07, 6.45) is 1.39. The molecular weight excluding hydrogens is 296 g/mol. The summed E-state index contributed by atoms with van der Waals surface area (Å²) in [6, 6.07) is -1.16. The zero-order valence-electron chi connectivity index (χ0n) is 12.3. The maximum Gasteiger partial charge on any atom is 0.327 e. The number of hydrogen-bond donors (Lipinski definition) is 2. The first-order valence-electron chi connectivity index (χ1n) is 6.51. The Hall–Kier alpha value is -1.77. The molecule has 1 aromatic heterocycles. The monoisotopic (exact) mass is 316 g/mol. The number of amides is 1. The maximum absolute atomic E-state index is 12.1. The van der Waals surface area contributed by atoms with Crippen LogP contribution in [0.25, 0.3) is 0 Å². The molecule has 118 valence electrons. The average Bonchev–Trinajstić information content (AvgIpc) is 2.74. The first kappa shape index (κ1) is 17.3. The molecule has 2 atom stereocenters. The number of carboxylic acid groups (broad SMARTS) is 1. The number of carbonyl (C=O) groups excluding carboxylic acids is 1. The van der Waals surface area contributed by atoms with E-state index in [1.54, 1.807) is 4.68 Å². The van der Waals surface area contributed by atoms with Gasteiger partial charge in [0.15, 0.2) is 0 Å². The van der Waals surface area contributed by atoms with E-state index in [0.29, 0.717) is 18.3 Å². The van der Waals surface area contributed by atoms with E-state index in [2.05, 4.69) is 15.4 Å². The van der Waals surface area contributed by atoms with Gasteiger partial charge in [-0.3, -0.25) is 9.00 Å². The number of carboxylic acids is 1. The summed E-state index contributed by atoms with van der Waals surface area (Å²) in [5.74, 6) is -0.817. The summed E-state index contributed by atoms with van der Waals surface area (Å²) >= 11 is 0. The van der Waals surface area contributed by atoms with E-state index >= 15 is 0 Å². The molecule has 0 aliphatic heterocycles. The van der Waals surface area contributed by atoms with Crippen LogP contribution < -0.4 is 5.32 Å². The van der Waals surface area contributed by atoms with Crippen molar-refractivity contribution in [3.05, 3.63) is 12.2 Å². The van der Waals surface area contributed by atoms with Crippen LogP contribution >= 0.6 is 0 Å². The van der Waals surface area contributed by atoms with Crippen LogP contribution in [-0.4, -0.2) is 47.8 Å². The first-order valence-corrected chi connectivity index (χ1v) is 8.00. The quantitative estimate of drug-likeness (QED) is 0.685. The Morgan fingerprint density at radius 3 is 2.67 bits per heavy atom. The number of nitrogens with one attached hydrogen (secondary N) is 1. The fraction of sp³-hybridized carbons (Fsp3) is 0.667. The van der Waals surface area contributed by atoms with Crippen molar-refractivity contribution in [1.82, 2.24) is 20.1 Å². The molecule has 1 aromatic rings. The lowest BCUT2D eigenvalue weighted by atomic mass is 10.2. The Labute approximate surface area is 125 Å². The van der Waals surface area contributed by atoms with E-state index < -0.39 is 28.7 Å². The van der Waals surface area contributed by atoms with E-state index in [0.717, 1.165) is 0 Å². The SMILES string of the molecule is CC(=O)N[C@@H](CS(=O)Cc1ncnn1CC(C)C)C(=O)O. The van der Waals surface area contributed by atoms with Crippen LogP contribution in [0.15, 0.2) is 6.33 Å². The minimum atomic E-state index is -1.46. The highest BCUT2D eigenvalue weighted by molar-refractivity contribution is 7.84. The molecule has 0 bridgehead atoms. The number of nitrogens with zero attached hydrogens (tertiary/aromatic N) is 3. The smallest absolute Gasteiger partial charge is 0.327 e. The van der Waals surface area contributed by atoms with Gasteiger partial charge in [-0.05, 0) is 5.92 Å². The summed E-state index contributed by atoms with van der Waals surface area (Å²) in [4.78, 5) is 26.0. The molecule has 9 heteroatoms.